The van der Waals surface area contributed by atoms with E-state index in [1.165, 1.54) is 14.2 Å². The number of rotatable bonds is 7. The molecule has 0 bridgehead atoms. The third kappa shape index (κ3) is 4.05. The number of imidazole rings is 1. The van der Waals surface area contributed by atoms with E-state index in [9.17, 15) is 5.11 Å². The number of hydrogen-bond donors (Lipinski definition) is 1. The fourth-order valence-corrected chi connectivity index (χ4v) is 3.81. The normalized spacial score (nSPS) is 10.7. The topological polar surface area (TPSA) is 75.0 Å². The molecular weight excluding hydrogens is 420 g/mol. The van der Waals surface area contributed by atoms with Crippen LogP contribution in [0.2, 0.25) is 0 Å². The Morgan fingerprint density at radius 1 is 0.667 bits per heavy atom. The van der Waals surface area contributed by atoms with E-state index in [4.69, 9.17) is 23.9 Å². The first kappa shape index (κ1) is 22.1. The van der Waals surface area contributed by atoms with Gasteiger partial charge in [0.25, 0.3) is 0 Å². The molecule has 0 aliphatic rings. The molecule has 4 rings (SSSR count). The largest absolute Gasteiger partial charge is 0.502 e. The predicted octanol–water partition coefficient (Wildman–Crippen LogP) is 5.16. The summed E-state index contributed by atoms with van der Waals surface area (Å²) in [6, 6.07) is 19.1. The van der Waals surface area contributed by atoms with Crippen LogP contribution in [0.4, 0.5) is 0 Å². The van der Waals surface area contributed by atoms with E-state index in [0.717, 1.165) is 39.6 Å². The van der Waals surface area contributed by atoms with Crippen molar-refractivity contribution >= 4 is 0 Å². The lowest BCUT2D eigenvalue weighted by atomic mass is 10.0. The van der Waals surface area contributed by atoms with Gasteiger partial charge in [-0.1, -0.05) is 0 Å². The zero-order valence-corrected chi connectivity index (χ0v) is 19.2. The van der Waals surface area contributed by atoms with Crippen molar-refractivity contribution in [3.05, 3.63) is 60.7 Å². The van der Waals surface area contributed by atoms with Crippen LogP contribution in [-0.4, -0.2) is 43.1 Å². The summed E-state index contributed by atoms with van der Waals surface area (Å²) in [5.74, 6) is 2.81. The number of phenolic OH excluding ortho intramolecular Hbond substituents is 1. The second-order valence-electron chi connectivity index (χ2n) is 7.38. The summed E-state index contributed by atoms with van der Waals surface area (Å²) < 4.78 is 23.4. The molecule has 0 amide bonds. The van der Waals surface area contributed by atoms with Gasteiger partial charge in [-0.3, -0.25) is 0 Å². The summed E-state index contributed by atoms with van der Waals surface area (Å²) in [6.45, 7) is 0. The summed E-state index contributed by atoms with van der Waals surface area (Å²) in [7, 11) is 8.25. The van der Waals surface area contributed by atoms with E-state index in [0.29, 0.717) is 17.3 Å². The highest BCUT2D eigenvalue weighted by molar-refractivity contribution is 5.83. The van der Waals surface area contributed by atoms with Gasteiger partial charge >= 0.3 is 0 Å². The zero-order valence-electron chi connectivity index (χ0n) is 19.2. The Kier molecular flexibility index (Phi) is 6.13. The van der Waals surface area contributed by atoms with E-state index < -0.39 is 0 Å². The molecule has 4 aromatic rings. The van der Waals surface area contributed by atoms with Crippen LogP contribution < -0.4 is 18.9 Å². The highest BCUT2D eigenvalue weighted by Gasteiger charge is 2.21. The van der Waals surface area contributed by atoms with E-state index in [-0.39, 0.29) is 5.75 Å². The third-order valence-corrected chi connectivity index (χ3v) is 5.56. The van der Waals surface area contributed by atoms with Crippen LogP contribution in [0.15, 0.2) is 60.7 Å². The molecule has 3 aromatic carbocycles. The lowest BCUT2D eigenvalue weighted by Gasteiger charge is -2.12. The Labute approximate surface area is 192 Å². The van der Waals surface area contributed by atoms with Crippen LogP contribution in [0.1, 0.15) is 0 Å². The van der Waals surface area contributed by atoms with Gasteiger partial charge in [-0.15, -0.1) is 0 Å². The Hall–Kier alpha value is -4.13. The molecule has 7 nitrogen and oxygen atoms in total. The van der Waals surface area contributed by atoms with Crippen LogP contribution >= 0.6 is 0 Å². The molecule has 0 aliphatic carbocycles. The first-order valence-corrected chi connectivity index (χ1v) is 10.3. The van der Waals surface area contributed by atoms with Gasteiger partial charge in [-0.25, -0.2) is 4.98 Å². The SMILES string of the molecule is COc1ccc(-c2nc(-c3cc(OC)c(O)c(OC)c3)n(C)c2-c2ccc(OC)cc2)cc1. The molecule has 0 saturated carbocycles. The molecule has 7 heteroatoms. The quantitative estimate of drug-likeness (QED) is 0.423. The summed E-state index contributed by atoms with van der Waals surface area (Å²) >= 11 is 0. The fourth-order valence-electron chi connectivity index (χ4n) is 3.81. The van der Waals surface area contributed by atoms with Crippen LogP contribution in [0.3, 0.4) is 0 Å². The van der Waals surface area contributed by atoms with Gasteiger partial charge in [0.05, 0.1) is 39.8 Å². The number of methoxy groups -OCH3 is 4. The van der Waals surface area contributed by atoms with Crippen molar-refractivity contribution in [2.75, 3.05) is 28.4 Å². The first-order chi connectivity index (χ1) is 16.0. The number of aromatic hydroxyl groups is 1. The Morgan fingerprint density at radius 3 is 1.61 bits per heavy atom. The molecule has 0 aliphatic heterocycles. The standard InChI is InChI=1S/C26H26N2O5/c1-28-24(17-8-12-20(31-3)13-9-17)23(16-6-10-19(30-2)11-7-16)27-26(28)18-14-21(32-4)25(29)22(15-18)33-5/h6-15,29H,1-5H3. The summed E-state index contributed by atoms with van der Waals surface area (Å²) in [4.78, 5) is 5.00. The molecule has 1 heterocycles. The van der Waals surface area contributed by atoms with E-state index in [2.05, 4.69) is 0 Å². The molecule has 1 N–H and O–H groups in total. The maximum atomic E-state index is 10.3. The average molecular weight is 447 g/mol. The van der Waals surface area contributed by atoms with E-state index in [1.54, 1.807) is 26.4 Å². The molecule has 0 unspecified atom stereocenters. The van der Waals surface area contributed by atoms with Crippen molar-refractivity contribution in [1.29, 1.82) is 0 Å². The summed E-state index contributed by atoms with van der Waals surface area (Å²) in [6.07, 6.45) is 0. The number of benzene rings is 3. The minimum absolute atomic E-state index is 0.0521. The molecule has 0 fully saturated rings. The van der Waals surface area contributed by atoms with Crippen molar-refractivity contribution in [2.45, 2.75) is 0 Å². The van der Waals surface area contributed by atoms with Crippen LogP contribution in [-0.2, 0) is 7.05 Å². The van der Waals surface area contributed by atoms with E-state index >= 15 is 0 Å². The van der Waals surface area contributed by atoms with Crippen molar-refractivity contribution in [2.24, 2.45) is 7.05 Å². The summed E-state index contributed by atoms with van der Waals surface area (Å²) in [5, 5.41) is 10.3. The highest BCUT2D eigenvalue weighted by Crippen LogP contribution is 2.42. The van der Waals surface area contributed by atoms with Crippen molar-refractivity contribution in [1.82, 2.24) is 9.55 Å². The van der Waals surface area contributed by atoms with E-state index in [1.807, 2.05) is 60.1 Å². The maximum absolute atomic E-state index is 10.3. The number of phenols is 1. The van der Waals surface area contributed by atoms with Gasteiger partial charge in [0.15, 0.2) is 11.5 Å². The number of hydrogen-bond acceptors (Lipinski definition) is 6. The van der Waals surface area contributed by atoms with Crippen molar-refractivity contribution < 1.29 is 24.1 Å². The Bertz CT molecular complexity index is 1240. The van der Waals surface area contributed by atoms with Gasteiger partial charge in [-0.05, 0) is 60.7 Å². The smallest absolute Gasteiger partial charge is 0.200 e. The maximum Gasteiger partial charge on any atom is 0.200 e. The zero-order chi connectivity index (χ0) is 23.5. The predicted molar refractivity (Wildman–Crippen MR) is 127 cm³/mol. The number of aromatic nitrogens is 2. The molecule has 0 saturated heterocycles. The monoisotopic (exact) mass is 446 g/mol. The Balaban J connectivity index is 1.95. The fraction of sp³-hybridized carbons (Fsp3) is 0.192. The molecular formula is C26H26N2O5. The summed E-state index contributed by atoms with van der Waals surface area (Å²) in [5.41, 5.74) is 4.43. The second-order valence-corrected chi connectivity index (χ2v) is 7.38. The number of nitrogens with zero attached hydrogens (tertiary/aromatic N) is 2. The van der Waals surface area contributed by atoms with Crippen LogP contribution in [0.5, 0.6) is 28.7 Å². The van der Waals surface area contributed by atoms with Crippen LogP contribution in [0, 0.1) is 0 Å². The molecule has 0 radical (unpaired) electrons. The molecule has 1 aromatic heterocycles. The van der Waals surface area contributed by atoms with Gasteiger partial charge in [0.2, 0.25) is 5.75 Å². The highest BCUT2D eigenvalue weighted by atomic mass is 16.5. The average Bonchev–Trinajstić information content (AvgIpc) is 3.21. The molecule has 0 spiro atoms. The first-order valence-electron chi connectivity index (χ1n) is 10.3. The molecule has 0 atom stereocenters. The molecule has 33 heavy (non-hydrogen) atoms. The lowest BCUT2D eigenvalue weighted by Crippen LogP contribution is -1.97. The van der Waals surface area contributed by atoms with Gasteiger partial charge < -0.3 is 28.6 Å². The Morgan fingerprint density at radius 2 is 1.15 bits per heavy atom. The lowest BCUT2D eigenvalue weighted by molar-refractivity contribution is 0.340. The van der Waals surface area contributed by atoms with Gasteiger partial charge in [-0.2, -0.15) is 0 Å². The third-order valence-electron chi connectivity index (χ3n) is 5.56. The minimum atomic E-state index is -0.0521. The molecule has 170 valence electrons. The van der Waals surface area contributed by atoms with Crippen molar-refractivity contribution in [3.8, 4) is 62.7 Å². The van der Waals surface area contributed by atoms with Crippen molar-refractivity contribution in [3.63, 3.8) is 0 Å². The number of ether oxygens (including phenoxy) is 4. The van der Waals surface area contributed by atoms with Gasteiger partial charge in [0.1, 0.15) is 17.3 Å². The van der Waals surface area contributed by atoms with Gasteiger partial charge in [0, 0.05) is 23.7 Å². The minimum Gasteiger partial charge on any atom is -0.502 e. The second kappa shape index (κ2) is 9.16. The van der Waals surface area contributed by atoms with Crippen LogP contribution in [0.25, 0.3) is 33.9 Å².